The molecule has 1 aromatic carbocycles. The third kappa shape index (κ3) is 3.61. The molecule has 6 heteroatoms. The molecule has 1 fully saturated rings. The summed E-state index contributed by atoms with van der Waals surface area (Å²) in [4.78, 5) is 0.0751. The Labute approximate surface area is 114 Å². The minimum Gasteiger partial charge on any atom is -0.399 e. The molecule has 0 saturated heterocycles. The van der Waals surface area contributed by atoms with Crippen molar-refractivity contribution in [1.29, 1.82) is 0 Å². The number of anilines is 2. The molecule has 106 valence electrons. The van der Waals surface area contributed by atoms with E-state index < -0.39 is 10.0 Å². The molecule has 2 rings (SSSR count). The van der Waals surface area contributed by atoms with Crippen LogP contribution in [0, 0.1) is 5.92 Å². The predicted octanol–water partition coefficient (Wildman–Crippen LogP) is 1.91. The van der Waals surface area contributed by atoms with Crippen LogP contribution in [0.3, 0.4) is 0 Å². The van der Waals surface area contributed by atoms with E-state index in [2.05, 4.69) is 12.2 Å². The fourth-order valence-electron chi connectivity index (χ4n) is 2.52. The molecular weight excluding hydrogens is 262 g/mol. The molecule has 0 amide bonds. The van der Waals surface area contributed by atoms with Crippen molar-refractivity contribution >= 4 is 21.4 Å². The van der Waals surface area contributed by atoms with E-state index in [9.17, 15) is 8.42 Å². The summed E-state index contributed by atoms with van der Waals surface area (Å²) in [7, 11) is -3.76. The summed E-state index contributed by atoms with van der Waals surface area (Å²) in [5, 5.41) is 8.52. The molecule has 5 N–H and O–H groups in total. The zero-order valence-corrected chi connectivity index (χ0v) is 11.9. The van der Waals surface area contributed by atoms with Crippen molar-refractivity contribution in [3.05, 3.63) is 18.2 Å². The third-order valence-electron chi connectivity index (χ3n) is 3.69. The van der Waals surface area contributed by atoms with Crippen molar-refractivity contribution in [1.82, 2.24) is 0 Å². The summed E-state index contributed by atoms with van der Waals surface area (Å²) in [6, 6.07) is 5.08. The molecule has 0 heterocycles. The highest BCUT2D eigenvalue weighted by atomic mass is 32.2. The van der Waals surface area contributed by atoms with Crippen molar-refractivity contribution in [2.75, 3.05) is 11.1 Å². The molecule has 1 aliphatic carbocycles. The number of rotatable bonds is 3. The second-order valence-electron chi connectivity index (χ2n) is 5.40. The minimum atomic E-state index is -3.76. The van der Waals surface area contributed by atoms with Gasteiger partial charge in [-0.15, -0.1) is 0 Å². The first-order valence-electron chi connectivity index (χ1n) is 6.55. The molecule has 0 aliphatic heterocycles. The number of hydrogen-bond donors (Lipinski definition) is 3. The number of hydrogen-bond acceptors (Lipinski definition) is 4. The first-order valence-corrected chi connectivity index (χ1v) is 8.10. The zero-order valence-electron chi connectivity index (χ0n) is 11.1. The number of primary sulfonamides is 1. The largest absolute Gasteiger partial charge is 0.399 e. The van der Waals surface area contributed by atoms with E-state index in [1.807, 2.05) is 0 Å². The topological polar surface area (TPSA) is 98.2 Å². The second kappa shape index (κ2) is 5.38. The maximum absolute atomic E-state index is 11.6. The van der Waals surface area contributed by atoms with Gasteiger partial charge in [-0.2, -0.15) is 0 Å². The fraction of sp³-hybridized carbons (Fsp3) is 0.538. The Bertz CT molecular complexity index is 549. The molecule has 0 atom stereocenters. The van der Waals surface area contributed by atoms with E-state index in [1.165, 1.54) is 6.07 Å². The maximum Gasteiger partial charge on any atom is 0.240 e. The van der Waals surface area contributed by atoms with Crippen LogP contribution in [0.4, 0.5) is 11.4 Å². The molecule has 0 aromatic heterocycles. The highest BCUT2D eigenvalue weighted by Crippen LogP contribution is 2.29. The van der Waals surface area contributed by atoms with Crippen molar-refractivity contribution in [3.63, 3.8) is 0 Å². The molecule has 0 spiro atoms. The Kier molecular flexibility index (Phi) is 4.01. The Morgan fingerprint density at radius 3 is 2.42 bits per heavy atom. The van der Waals surface area contributed by atoms with Crippen molar-refractivity contribution in [2.24, 2.45) is 11.1 Å². The lowest BCUT2D eigenvalue weighted by molar-refractivity contribution is 0.361. The number of benzene rings is 1. The Hall–Kier alpha value is -1.27. The Morgan fingerprint density at radius 1 is 1.21 bits per heavy atom. The van der Waals surface area contributed by atoms with E-state index in [0.29, 0.717) is 17.4 Å². The molecule has 5 nitrogen and oxygen atoms in total. The lowest BCUT2D eigenvalue weighted by Crippen LogP contribution is -2.26. The summed E-state index contributed by atoms with van der Waals surface area (Å²) in [6.07, 6.45) is 4.43. The van der Waals surface area contributed by atoms with Gasteiger partial charge >= 0.3 is 0 Å². The lowest BCUT2D eigenvalue weighted by atomic mass is 9.87. The molecule has 0 radical (unpaired) electrons. The van der Waals surface area contributed by atoms with E-state index in [-0.39, 0.29) is 4.90 Å². The van der Waals surface area contributed by atoms with Gasteiger partial charge in [-0.05, 0) is 49.8 Å². The van der Waals surface area contributed by atoms with E-state index in [1.54, 1.807) is 12.1 Å². The monoisotopic (exact) mass is 283 g/mol. The van der Waals surface area contributed by atoms with Crippen LogP contribution in [0.25, 0.3) is 0 Å². The van der Waals surface area contributed by atoms with Gasteiger partial charge < -0.3 is 11.1 Å². The van der Waals surface area contributed by atoms with Crippen LogP contribution < -0.4 is 16.2 Å². The zero-order chi connectivity index (χ0) is 14.0. The fourth-order valence-corrected chi connectivity index (χ4v) is 3.25. The van der Waals surface area contributed by atoms with Crippen LogP contribution in [-0.2, 0) is 10.0 Å². The maximum atomic E-state index is 11.6. The smallest absolute Gasteiger partial charge is 0.240 e. The quantitative estimate of drug-likeness (QED) is 0.738. The van der Waals surface area contributed by atoms with Gasteiger partial charge in [0.05, 0.1) is 5.69 Å². The van der Waals surface area contributed by atoms with Crippen LogP contribution in [0.5, 0.6) is 0 Å². The van der Waals surface area contributed by atoms with Gasteiger partial charge in [-0.3, -0.25) is 0 Å². The van der Waals surface area contributed by atoms with Crippen molar-refractivity contribution in [3.8, 4) is 0 Å². The molecular formula is C13H21N3O2S. The van der Waals surface area contributed by atoms with Gasteiger partial charge in [0, 0.05) is 11.7 Å². The minimum absolute atomic E-state index is 0.0751. The lowest BCUT2D eigenvalue weighted by Gasteiger charge is -2.28. The predicted molar refractivity (Wildman–Crippen MR) is 77.3 cm³/mol. The van der Waals surface area contributed by atoms with Crippen molar-refractivity contribution in [2.45, 2.75) is 43.5 Å². The Balaban J connectivity index is 2.21. The van der Waals surface area contributed by atoms with Crippen LogP contribution in [0.1, 0.15) is 32.6 Å². The summed E-state index contributed by atoms with van der Waals surface area (Å²) < 4.78 is 23.2. The van der Waals surface area contributed by atoms with Gasteiger partial charge in [0.2, 0.25) is 10.0 Å². The molecule has 19 heavy (non-hydrogen) atoms. The van der Waals surface area contributed by atoms with E-state index in [4.69, 9.17) is 10.9 Å². The standard InChI is InChI=1S/C13H21N3O2S/c1-9-2-5-11(6-3-9)16-12-7-4-10(14)8-13(12)19(15,17)18/h4,7-9,11,16H,2-3,5-6,14H2,1H3,(H2,15,17,18). The normalized spacial score (nSPS) is 24.1. The number of nitrogens with two attached hydrogens (primary N) is 2. The van der Waals surface area contributed by atoms with Gasteiger partial charge in [-0.25, -0.2) is 13.6 Å². The van der Waals surface area contributed by atoms with Crippen LogP contribution in [0.15, 0.2) is 23.1 Å². The van der Waals surface area contributed by atoms with Crippen molar-refractivity contribution < 1.29 is 8.42 Å². The molecule has 1 aromatic rings. The van der Waals surface area contributed by atoms with Gasteiger partial charge in [0.1, 0.15) is 4.90 Å². The average Bonchev–Trinajstić information content (AvgIpc) is 2.33. The number of sulfonamides is 1. The molecule has 0 bridgehead atoms. The first-order chi connectivity index (χ1) is 8.86. The summed E-state index contributed by atoms with van der Waals surface area (Å²) in [5.74, 6) is 0.752. The number of nitrogens with one attached hydrogen (secondary N) is 1. The van der Waals surface area contributed by atoms with E-state index in [0.717, 1.165) is 31.6 Å². The average molecular weight is 283 g/mol. The summed E-state index contributed by atoms with van der Waals surface area (Å²) in [5.41, 5.74) is 6.58. The highest BCUT2D eigenvalue weighted by Gasteiger charge is 2.21. The van der Waals surface area contributed by atoms with Gasteiger partial charge in [0.15, 0.2) is 0 Å². The summed E-state index contributed by atoms with van der Waals surface area (Å²) in [6.45, 7) is 2.25. The van der Waals surface area contributed by atoms with Crippen LogP contribution in [-0.4, -0.2) is 14.5 Å². The van der Waals surface area contributed by atoms with E-state index >= 15 is 0 Å². The molecule has 1 aliphatic rings. The first kappa shape index (κ1) is 14.1. The van der Waals surface area contributed by atoms with Gasteiger partial charge in [-0.1, -0.05) is 6.92 Å². The SMILES string of the molecule is CC1CCC(Nc2ccc(N)cc2S(N)(=O)=O)CC1. The molecule has 0 unspecified atom stereocenters. The second-order valence-corrected chi connectivity index (χ2v) is 6.93. The summed E-state index contributed by atoms with van der Waals surface area (Å²) >= 11 is 0. The number of nitrogen functional groups attached to an aromatic ring is 1. The molecule has 1 saturated carbocycles. The highest BCUT2D eigenvalue weighted by molar-refractivity contribution is 7.89. The van der Waals surface area contributed by atoms with Gasteiger partial charge in [0.25, 0.3) is 0 Å². The third-order valence-corrected chi connectivity index (χ3v) is 4.64. The Morgan fingerprint density at radius 2 is 1.84 bits per heavy atom. The van der Waals surface area contributed by atoms with Crippen LogP contribution >= 0.6 is 0 Å². The van der Waals surface area contributed by atoms with Crippen LogP contribution in [0.2, 0.25) is 0 Å².